The number of likely N-dealkylation sites (tertiary alicyclic amines) is 1. The zero-order valence-electron chi connectivity index (χ0n) is 18.1. The fourth-order valence-corrected chi connectivity index (χ4v) is 5.08. The quantitative estimate of drug-likeness (QED) is 0.682. The number of hydrogen-bond acceptors (Lipinski definition) is 7. The molecule has 3 rings (SSSR count). The van der Waals surface area contributed by atoms with Crippen molar-refractivity contribution in [2.75, 3.05) is 64.8 Å². The van der Waals surface area contributed by atoms with Gasteiger partial charge in [0.25, 0.3) is 0 Å². The largest absolute Gasteiger partial charge is 0.465 e. The van der Waals surface area contributed by atoms with E-state index < -0.39 is 5.97 Å². The van der Waals surface area contributed by atoms with Gasteiger partial charge in [0.05, 0.1) is 25.9 Å². The predicted molar refractivity (Wildman–Crippen MR) is 117 cm³/mol. The fourth-order valence-electron chi connectivity index (χ4n) is 4.31. The maximum absolute atomic E-state index is 12.7. The highest BCUT2D eigenvalue weighted by Crippen LogP contribution is 2.23. The lowest BCUT2D eigenvalue weighted by Gasteiger charge is -2.38. The van der Waals surface area contributed by atoms with Gasteiger partial charge >= 0.3 is 5.97 Å². The molecule has 1 N–H and O–H groups in total. The summed E-state index contributed by atoms with van der Waals surface area (Å²) in [5, 5.41) is 4.55. The lowest BCUT2D eigenvalue weighted by molar-refractivity contribution is -0.135. The molecule has 2 aliphatic rings. The van der Waals surface area contributed by atoms with E-state index in [4.69, 9.17) is 4.74 Å². The Kier molecular flexibility index (Phi) is 7.85. The molecule has 1 aromatic rings. The Morgan fingerprint density at radius 2 is 1.67 bits per heavy atom. The number of thiophene rings is 1. The molecule has 8 nitrogen and oxygen atoms in total. The van der Waals surface area contributed by atoms with Crippen LogP contribution in [0, 0.1) is 11.8 Å². The number of carbonyl (C=O) groups is 3. The zero-order chi connectivity index (χ0) is 21.7. The second kappa shape index (κ2) is 10.4. The van der Waals surface area contributed by atoms with Crippen LogP contribution < -0.4 is 5.32 Å². The standard InChI is InChI=1S/C21H32N4O4S/c1-15-10-16(2)12-25(11-15)19(27)14-24-7-5-23(6-8-24)13-18(26)22-17-4-9-30-20(17)21(28)29-3/h4,9,15-16H,5-8,10-14H2,1-3H3,(H,22,26). The molecule has 0 bridgehead atoms. The maximum Gasteiger partial charge on any atom is 0.350 e. The Morgan fingerprint density at radius 1 is 1.07 bits per heavy atom. The van der Waals surface area contributed by atoms with Crippen molar-refractivity contribution in [2.24, 2.45) is 11.8 Å². The van der Waals surface area contributed by atoms with E-state index in [1.807, 2.05) is 4.90 Å². The molecule has 2 atom stereocenters. The van der Waals surface area contributed by atoms with Crippen molar-refractivity contribution in [3.05, 3.63) is 16.3 Å². The average Bonchev–Trinajstić information content (AvgIpc) is 3.16. The number of carbonyl (C=O) groups excluding carboxylic acids is 3. The van der Waals surface area contributed by atoms with Crippen molar-refractivity contribution < 1.29 is 19.1 Å². The van der Waals surface area contributed by atoms with Crippen LogP contribution >= 0.6 is 11.3 Å². The van der Waals surface area contributed by atoms with Crippen molar-refractivity contribution in [3.63, 3.8) is 0 Å². The molecule has 2 amide bonds. The molecule has 2 saturated heterocycles. The number of piperidine rings is 1. The van der Waals surface area contributed by atoms with Crippen molar-refractivity contribution in [3.8, 4) is 0 Å². The number of nitrogens with one attached hydrogen (secondary N) is 1. The van der Waals surface area contributed by atoms with Crippen LogP contribution in [0.1, 0.15) is 29.9 Å². The highest BCUT2D eigenvalue weighted by molar-refractivity contribution is 7.12. The molecule has 2 aliphatic heterocycles. The summed E-state index contributed by atoms with van der Waals surface area (Å²) >= 11 is 1.24. The van der Waals surface area contributed by atoms with E-state index in [9.17, 15) is 14.4 Å². The average molecular weight is 437 g/mol. The molecule has 0 aromatic carbocycles. The number of hydrogen-bond donors (Lipinski definition) is 1. The van der Waals surface area contributed by atoms with E-state index in [0.717, 1.165) is 39.3 Å². The lowest BCUT2D eigenvalue weighted by Crippen LogP contribution is -2.52. The first-order valence-electron chi connectivity index (χ1n) is 10.5. The number of anilines is 1. The monoisotopic (exact) mass is 436 g/mol. The summed E-state index contributed by atoms with van der Waals surface area (Å²) in [5.41, 5.74) is 0.492. The number of methoxy groups -OCH3 is 1. The molecule has 0 radical (unpaired) electrons. The Morgan fingerprint density at radius 3 is 2.27 bits per heavy atom. The van der Waals surface area contributed by atoms with Crippen molar-refractivity contribution in [2.45, 2.75) is 20.3 Å². The van der Waals surface area contributed by atoms with E-state index in [2.05, 4.69) is 29.0 Å². The summed E-state index contributed by atoms with van der Waals surface area (Å²) in [6.07, 6.45) is 1.19. The van der Waals surface area contributed by atoms with Gasteiger partial charge in [-0.05, 0) is 29.7 Å². The number of nitrogens with zero attached hydrogens (tertiary/aromatic N) is 3. The number of rotatable bonds is 6. The minimum Gasteiger partial charge on any atom is -0.465 e. The summed E-state index contributed by atoms with van der Waals surface area (Å²) < 4.78 is 4.74. The number of ether oxygens (including phenoxy) is 1. The maximum atomic E-state index is 12.7. The normalized spacial score (nSPS) is 23.2. The third-order valence-corrected chi connectivity index (χ3v) is 6.62. The smallest absolute Gasteiger partial charge is 0.350 e. The summed E-state index contributed by atoms with van der Waals surface area (Å²) in [7, 11) is 1.32. The Labute approximate surface area is 182 Å². The van der Waals surface area contributed by atoms with Gasteiger partial charge in [-0.3, -0.25) is 19.4 Å². The number of amides is 2. The fraction of sp³-hybridized carbons (Fsp3) is 0.667. The molecule has 9 heteroatoms. The second-order valence-electron chi connectivity index (χ2n) is 8.50. The van der Waals surface area contributed by atoms with Gasteiger partial charge in [0, 0.05) is 39.3 Å². The van der Waals surface area contributed by atoms with Gasteiger partial charge in [-0.25, -0.2) is 4.79 Å². The van der Waals surface area contributed by atoms with Gasteiger partial charge in [-0.15, -0.1) is 11.3 Å². The minimum atomic E-state index is -0.448. The van der Waals surface area contributed by atoms with Gasteiger partial charge < -0.3 is 15.0 Å². The molecule has 3 heterocycles. The Balaban J connectivity index is 1.41. The van der Waals surface area contributed by atoms with Crippen LogP contribution in [-0.2, 0) is 14.3 Å². The van der Waals surface area contributed by atoms with Gasteiger partial charge in [0.2, 0.25) is 11.8 Å². The first-order valence-corrected chi connectivity index (χ1v) is 11.4. The summed E-state index contributed by atoms with van der Waals surface area (Å²) in [4.78, 5) is 43.5. The third-order valence-electron chi connectivity index (χ3n) is 5.72. The highest BCUT2D eigenvalue weighted by atomic mass is 32.1. The Hall–Kier alpha value is -1.97. The van der Waals surface area contributed by atoms with Crippen molar-refractivity contribution in [1.29, 1.82) is 0 Å². The van der Waals surface area contributed by atoms with E-state index >= 15 is 0 Å². The van der Waals surface area contributed by atoms with Gasteiger partial charge in [-0.2, -0.15) is 0 Å². The molecule has 30 heavy (non-hydrogen) atoms. The lowest BCUT2D eigenvalue weighted by atomic mass is 9.92. The third kappa shape index (κ3) is 6.02. The van der Waals surface area contributed by atoms with Gasteiger partial charge in [-0.1, -0.05) is 13.8 Å². The molecule has 0 aliphatic carbocycles. The van der Waals surface area contributed by atoms with Crippen LogP contribution in [-0.4, -0.2) is 92.0 Å². The number of esters is 1. The molecule has 166 valence electrons. The van der Waals surface area contributed by atoms with Crippen LogP contribution in [0.5, 0.6) is 0 Å². The predicted octanol–water partition coefficient (Wildman–Crippen LogP) is 1.60. The van der Waals surface area contributed by atoms with Gasteiger partial charge in [0.1, 0.15) is 4.88 Å². The summed E-state index contributed by atoms with van der Waals surface area (Å²) in [5.74, 6) is 0.745. The van der Waals surface area contributed by atoms with E-state index in [1.54, 1.807) is 11.4 Å². The minimum absolute atomic E-state index is 0.153. The second-order valence-corrected chi connectivity index (χ2v) is 9.42. The molecule has 2 unspecified atom stereocenters. The zero-order valence-corrected chi connectivity index (χ0v) is 18.9. The molecule has 0 saturated carbocycles. The molecule has 1 aromatic heterocycles. The van der Waals surface area contributed by atoms with Crippen molar-refractivity contribution >= 4 is 34.8 Å². The van der Waals surface area contributed by atoms with Crippen LogP contribution in [0.2, 0.25) is 0 Å². The van der Waals surface area contributed by atoms with Crippen molar-refractivity contribution in [1.82, 2.24) is 14.7 Å². The van der Waals surface area contributed by atoms with Crippen LogP contribution in [0.25, 0.3) is 0 Å². The van der Waals surface area contributed by atoms with Crippen LogP contribution in [0.4, 0.5) is 5.69 Å². The van der Waals surface area contributed by atoms with E-state index in [1.165, 1.54) is 24.9 Å². The van der Waals surface area contributed by atoms with E-state index in [0.29, 0.717) is 28.9 Å². The summed E-state index contributed by atoms with van der Waals surface area (Å²) in [6, 6.07) is 1.71. The molecule has 2 fully saturated rings. The first kappa shape index (κ1) is 22.7. The van der Waals surface area contributed by atoms with Crippen LogP contribution in [0.15, 0.2) is 11.4 Å². The van der Waals surface area contributed by atoms with E-state index in [-0.39, 0.29) is 18.4 Å². The topological polar surface area (TPSA) is 82.2 Å². The highest BCUT2D eigenvalue weighted by Gasteiger charge is 2.28. The molecular weight excluding hydrogens is 404 g/mol. The van der Waals surface area contributed by atoms with Crippen LogP contribution in [0.3, 0.4) is 0 Å². The summed E-state index contributed by atoms with van der Waals surface area (Å²) in [6.45, 7) is 9.87. The molecule has 0 spiro atoms. The molecular formula is C21H32N4O4S. The Bertz CT molecular complexity index is 750. The first-order chi connectivity index (χ1) is 14.4. The van der Waals surface area contributed by atoms with Gasteiger partial charge in [0.15, 0.2) is 0 Å². The number of piperazine rings is 1. The SMILES string of the molecule is COC(=O)c1sccc1NC(=O)CN1CCN(CC(=O)N2CC(C)CC(C)C2)CC1.